The van der Waals surface area contributed by atoms with Crippen molar-refractivity contribution in [3.63, 3.8) is 0 Å². The molecule has 1 aromatic heterocycles. The molecule has 0 saturated carbocycles. The van der Waals surface area contributed by atoms with Crippen LogP contribution in [0.1, 0.15) is 42.4 Å². The smallest absolute Gasteiger partial charge is 0.130 e. The molecule has 0 bridgehead atoms. The molecule has 0 aliphatic heterocycles. The van der Waals surface area contributed by atoms with Crippen LogP contribution in [0.2, 0.25) is 5.02 Å². The monoisotopic (exact) mass is 309 g/mol. The summed E-state index contributed by atoms with van der Waals surface area (Å²) in [4.78, 5) is 0. The lowest BCUT2D eigenvalue weighted by molar-refractivity contribution is 0.551. The Kier molecular flexibility index (Phi) is 5.01. The number of hydrogen-bond acceptors (Lipinski definition) is 2. The van der Waals surface area contributed by atoms with Crippen molar-refractivity contribution in [2.24, 2.45) is 5.73 Å². The molecule has 1 heterocycles. The molecule has 1 unspecified atom stereocenters. The second kappa shape index (κ2) is 6.58. The normalized spacial score (nSPS) is 12.7. The predicted octanol–water partition coefficient (Wildman–Crippen LogP) is 3.81. The lowest BCUT2D eigenvalue weighted by Gasteiger charge is -2.15. The molecule has 1 atom stereocenters. The Labute approximate surface area is 129 Å². The van der Waals surface area contributed by atoms with Gasteiger partial charge in [-0.05, 0) is 25.8 Å². The van der Waals surface area contributed by atoms with Gasteiger partial charge >= 0.3 is 0 Å². The van der Waals surface area contributed by atoms with Gasteiger partial charge in [0, 0.05) is 24.6 Å². The van der Waals surface area contributed by atoms with Gasteiger partial charge in [-0.15, -0.1) is 0 Å². The highest BCUT2D eigenvalue weighted by atomic mass is 35.5. The van der Waals surface area contributed by atoms with Crippen LogP contribution in [-0.4, -0.2) is 9.78 Å². The second-order valence-corrected chi connectivity index (χ2v) is 5.54. The Balaban J connectivity index is 2.33. The van der Waals surface area contributed by atoms with E-state index in [1.807, 2.05) is 24.6 Å². The summed E-state index contributed by atoms with van der Waals surface area (Å²) in [6.45, 7) is 6.48. The van der Waals surface area contributed by atoms with E-state index in [1.165, 1.54) is 0 Å². The average Bonchev–Trinajstić information content (AvgIpc) is 2.78. The van der Waals surface area contributed by atoms with Gasteiger partial charge in [0.25, 0.3) is 0 Å². The summed E-state index contributed by atoms with van der Waals surface area (Å²) < 4.78 is 16.0. The molecule has 0 amide bonds. The lowest BCUT2D eigenvalue weighted by Crippen LogP contribution is -2.18. The van der Waals surface area contributed by atoms with Crippen LogP contribution >= 0.6 is 11.6 Å². The zero-order chi connectivity index (χ0) is 15.6. The number of aryl methyl sites for hydroxylation is 3. The summed E-state index contributed by atoms with van der Waals surface area (Å²) in [6.07, 6.45) is 1.24. The quantitative estimate of drug-likeness (QED) is 0.912. The number of nitrogens with zero attached hydrogens (tertiary/aromatic N) is 2. The zero-order valence-corrected chi connectivity index (χ0v) is 13.4. The van der Waals surface area contributed by atoms with Crippen molar-refractivity contribution >= 4 is 11.6 Å². The zero-order valence-electron chi connectivity index (χ0n) is 12.7. The van der Waals surface area contributed by atoms with Crippen LogP contribution in [0.15, 0.2) is 18.2 Å². The summed E-state index contributed by atoms with van der Waals surface area (Å²) in [6, 6.07) is 4.86. The molecule has 2 rings (SSSR count). The van der Waals surface area contributed by atoms with Crippen molar-refractivity contribution in [1.29, 1.82) is 0 Å². The first-order chi connectivity index (χ1) is 9.99. The Hall–Kier alpha value is -1.39. The number of hydrogen-bond donors (Lipinski definition) is 1. The molecule has 0 aliphatic rings. The van der Waals surface area contributed by atoms with E-state index in [9.17, 15) is 4.39 Å². The van der Waals surface area contributed by atoms with Gasteiger partial charge in [-0.3, -0.25) is 4.68 Å². The number of nitrogens with two attached hydrogens (primary N) is 1. The Morgan fingerprint density at radius 3 is 2.71 bits per heavy atom. The fourth-order valence-corrected chi connectivity index (χ4v) is 2.83. The maximum absolute atomic E-state index is 14.2. The van der Waals surface area contributed by atoms with Crippen LogP contribution in [0, 0.1) is 12.7 Å². The number of benzene rings is 1. The Bertz CT molecular complexity index is 637. The molecule has 0 spiro atoms. The first-order valence-electron chi connectivity index (χ1n) is 7.24. The van der Waals surface area contributed by atoms with E-state index in [0.29, 0.717) is 22.6 Å². The molecule has 3 nitrogen and oxygen atoms in total. The third kappa shape index (κ3) is 3.11. The SMILES string of the molecule is CCc1nn(CC)c(CC(N)c2cccc(C)c2F)c1Cl. The summed E-state index contributed by atoms with van der Waals surface area (Å²) in [5.41, 5.74) is 9.07. The Morgan fingerprint density at radius 2 is 2.10 bits per heavy atom. The molecule has 5 heteroatoms. The van der Waals surface area contributed by atoms with E-state index in [0.717, 1.165) is 24.4 Å². The second-order valence-electron chi connectivity index (χ2n) is 5.17. The highest BCUT2D eigenvalue weighted by Gasteiger charge is 2.20. The Morgan fingerprint density at radius 1 is 1.38 bits per heavy atom. The van der Waals surface area contributed by atoms with Gasteiger partial charge < -0.3 is 5.73 Å². The largest absolute Gasteiger partial charge is 0.324 e. The molecule has 1 aromatic carbocycles. The maximum Gasteiger partial charge on any atom is 0.130 e. The maximum atomic E-state index is 14.2. The number of rotatable bonds is 5. The van der Waals surface area contributed by atoms with Crippen LogP contribution in [-0.2, 0) is 19.4 Å². The van der Waals surface area contributed by atoms with Gasteiger partial charge in [0.2, 0.25) is 0 Å². The molecule has 0 fully saturated rings. The fourth-order valence-electron chi connectivity index (χ4n) is 2.49. The first-order valence-corrected chi connectivity index (χ1v) is 7.61. The van der Waals surface area contributed by atoms with Crippen molar-refractivity contribution in [2.45, 2.75) is 46.2 Å². The lowest BCUT2D eigenvalue weighted by atomic mass is 10.00. The molecular formula is C16H21ClFN3. The van der Waals surface area contributed by atoms with Gasteiger partial charge in [0.15, 0.2) is 0 Å². The minimum Gasteiger partial charge on any atom is -0.324 e. The number of halogens is 2. The molecule has 0 radical (unpaired) electrons. The van der Waals surface area contributed by atoms with Crippen molar-refractivity contribution in [1.82, 2.24) is 9.78 Å². The van der Waals surface area contributed by atoms with Gasteiger partial charge in [-0.1, -0.05) is 36.7 Å². The highest BCUT2D eigenvalue weighted by molar-refractivity contribution is 6.31. The van der Waals surface area contributed by atoms with Gasteiger partial charge in [0.05, 0.1) is 16.4 Å². The molecular weight excluding hydrogens is 289 g/mol. The van der Waals surface area contributed by atoms with E-state index in [-0.39, 0.29) is 5.82 Å². The van der Waals surface area contributed by atoms with Crippen molar-refractivity contribution < 1.29 is 4.39 Å². The molecule has 21 heavy (non-hydrogen) atoms. The van der Waals surface area contributed by atoms with E-state index >= 15 is 0 Å². The first kappa shape index (κ1) is 16.0. The molecule has 0 aliphatic carbocycles. The molecule has 2 aromatic rings. The minimum atomic E-state index is -0.436. The van der Waals surface area contributed by atoms with Crippen LogP contribution in [0.4, 0.5) is 4.39 Å². The predicted molar refractivity (Wildman–Crippen MR) is 84.1 cm³/mol. The average molecular weight is 310 g/mol. The van der Waals surface area contributed by atoms with Crippen molar-refractivity contribution in [2.75, 3.05) is 0 Å². The van der Waals surface area contributed by atoms with Gasteiger partial charge in [-0.2, -0.15) is 5.10 Å². The number of aromatic nitrogens is 2. The van der Waals surface area contributed by atoms with E-state index in [2.05, 4.69) is 5.10 Å². The van der Waals surface area contributed by atoms with Crippen molar-refractivity contribution in [3.8, 4) is 0 Å². The van der Waals surface area contributed by atoms with Gasteiger partial charge in [0.1, 0.15) is 5.82 Å². The van der Waals surface area contributed by atoms with Gasteiger partial charge in [-0.25, -0.2) is 4.39 Å². The van der Waals surface area contributed by atoms with Crippen LogP contribution in [0.3, 0.4) is 0 Å². The topological polar surface area (TPSA) is 43.8 Å². The van der Waals surface area contributed by atoms with E-state index < -0.39 is 6.04 Å². The van der Waals surface area contributed by atoms with Crippen LogP contribution < -0.4 is 5.73 Å². The van der Waals surface area contributed by atoms with Crippen LogP contribution in [0.5, 0.6) is 0 Å². The standard InChI is InChI=1S/C16H21ClFN3/c1-4-13-15(17)14(21(5-2)20-13)9-12(19)11-8-6-7-10(3)16(11)18/h6-8,12H,4-5,9,19H2,1-3H3. The summed E-state index contributed by atoms with van der Waals surface area (Å²) in [5, 5.41) is 5.12. The van der Waals surface area contributed by atoms with Crippen molar-refractivity contribution in [3.05, 3.63) is 51.6 Å². The third-order valence-electron chi connectivity index (χ3n) is 3.73. The summed E-state index contributed by atoms with van der Waals surface area (Å²) in [7, 11) is 0. The van der Waals surface area contributed by atoms with Crippen LogP contribution in [0.25, 0.3) is 0 Å². The van der Waals surface area contributed by atoms with E-state index in [4.69, 9.17) is 17.3 Å². The molecule has 2 N–H and O–H groups in total. The summed E-state index contributed by atoms with van der Waals surface area (Å²) in [5.74, 6) is -0.237. The highest BCUT2D eigenvalue weighted by Crippen LogP contribution is 2.27. The van der Waals surface area contributed by atoms with E-state index in [1.54, 1.807) is 19.1 Å². The summed E-state index contributed by atoms with van der Waals surface area (Å²) >= 11 is 6.38. The third-order valence-corrected chi connectivity index (χ3v) is 4.16. The minimum absolute atomic E-state index is 0.237. The molecule has 114 valence electrons. The molecule has 0 saturated heterocycles. The fraction of sp³-hybridized carbons (Fsp3) is 0.438.